The second-order valence-electron chi connectivity index (χ2n) is 4.16. The van der Waals surface area contributed by atoms with Gasteiger partial charge in [-0.15, -0.1) is 6.58 Å². The highest BCUT2D eigenvalue weighted by atomic mass is 19.4. The molecule has 0 unspecified atom stereocenters. The molecule has 16 heavy (non-hydrogen) atoms. The summed E-state index contributed by atoms with van der Waals surface area (Å²) in [5.74, 6) is -2.96. The van der Waals surface area contributed by atoms with Crippen LogP contribution in [0.1, 0.15) is 13.8 Å². The Labute approximate surface area is 91.8 Å². The van der Waals surface area contributed by atoms with Crippen LogP contribution in [0.3, 0.4) is 0 Å². The van der Waals surface area contributed by atoms with Gasteiger partial charge in [0, 0.05) is 0 Å². The van der Waals surface area contributed by atoms with E-state index in [1.165, 1.54) is 0 Å². The molecule has 1 aliphatic rings. The van der Waals surface area contributed by atoms with Crippen LogP contribution in [0, 0.1) is 5.92 Å². The van der Waals surface area contributed by atoms with Crippen molar-refractivity contribution in [3.05, 3.63) is 12.7 Å². The fraction of sp³-hybridized carbons (Fsp3) is 0.800. The summed E-state index contributed by atoms with van der Waals surface area (Å²) in [5.41, 5.74) is 0. The summed E-state index contributed by atoms with van der Waals surface area (Å²) in [6.45, 7) is 6.18. The highest BCUT2D eigenvalue weighted by Crippen LogP contribution is 2.34. The van der Waals surface area contributed by atoms with Gasteiger partial charge in [-0.3, -0.25) is 0 Å². The second-order valence-corrected chi connectivity index (χ2v) is 4.16. The molecule has 3 atom stereocenters. The molecule has 1 aliphatic heterocycles. The van der Waals surface area contributed by atoms with Crippen molar-refractivity contribution in [1.82, 2.24) is 0 Å². The summed E-state index contributed by atoms with van der Waals surface area (Å²) in [6.07, 6.45) is -6.53. The fourth-order valence-electron chi connectivity index (χ4n) is 1.58. The molecular weight excluding hydrogens is 225 g/mol. The number of rotatable bonds is 3. The molecule has 0 bridgehead atoms. The SMILES string of the molecule is C=C[C@@H]([C@H](O)[C@H]1COC(C)(C)O1)C(F)(F)F. The first kappa shape index (κ1) is 13.5. The predicted octanol–water partition coefficient (Wildman–Crippen LogP) is 1.86. The molecule has 0 aliphatic carbocycles. The zero-order valence-corrected chi connectivity index (χ0v) is 9.12. The summed E-state index contributed by atoms with van der Waals surface area (Å²) in [7, 11) is 0. The molecule has 3 nitrogen and oxygen atoms in total. The van der Waals surface area contributed by atoms with Gasteiger partial charge in [-0.05, 0) is 13.8 Å². The van der Waals surface area contributed by atoms with Crippen LogP contribution in [-0.2, 0) is 9.47 Å². The van der Waals surface area contributed by atoms with E-state index < -0.39 is 30.1 Å². The summed E-state index contributed by atoms with van der Waals surface area (Å²) in [6, 6.07) is 0. The molecule has 1 fully saturated rings. The topological polar surface area (TPSA) is 38.7 Å². The number of aliphatic hydroxyl groups excluding tert-OH is 1. The van der Waals surface area contributed by atoms with Gasteiger partial charge in [0.2, 0.25) is 0 Å². The van der Waals surface area contributed by atoms with Crippen LogP contribution >= 0.6 is 0 Å². The molecule has 0 saturated carbocycles. The zero-order chi connectivity index (χ0) is 12.6. The molecular formula is C10H15F3O3. The minimum atomic E-state index is -4.53. The summed E-state index contributed by atoms with van der Waals surface area (Å²) < 4.78 is 47.7. The standard InChI is InChI=1S/C10H15F3O3/c1-4-6(10(11,12)13)8(14)7-5-15-9(2,3)16-7/h4,6-8,14H,1,5H2,2-3H3/t6-,7+,8-/m0/s1. The average Bonchev–Trinajstić information content (AvgIpc) is 2.44. The minimum Gasteiger partial charge on any atom is -0.389 e. The minimum absolute atomic E-state index is 0.0609. The van der Waals surface area contributed by atoms with Gasteiger partial charge in [-0.1, -0.05) is 6.08 Å². The Hall–Kier alpha value is -0.590. The molecule has 0 aromatic rings. The second kappa shape index (κ2) is 4.35. The third-order valence-electron chi connectivity index (χ3n) is 2.41. The molecule has 1 heterocycles. The van der Waals surface area contributed by atoms with Gasteiger partial charge >= 0.3 is 6.18 Å². The highest BCUT2D eigenvalue weighted by molar-refractivity contribution is 4.94. The van der Waals surface area contributed by atoms with Gasteiger partial charge in [-0.25, -0.2) is 0 Å². The zero-order valence-electron chi connectivity index (χ0n) is 9.12. The van der Waals surface area contributed by atoms with Crippen molar-refractivity contribution < 1.29 is 27.8 Å². The predicted molar refractivity (Wildman–Crippen MR) is 50.7 cm³/mol. The summed E-state index contributed by atoms with van der Waals surface area (Å²) >= 11 is 0. The van der Waals surface area contributed by atoms with Crippen LogP contribution < -0.4 is 0 Å². The van der Waals surface area contributed by atoms with Gasteiger partial charge < -0.3 is 14.6 Å². The van der Waals surface area contributed by atoms with Crippen molar-refractivity contribution in [2.24, 2.45) is 5.92 Å². The Balaban J connectivity index is 2.70. The molecule has 0 aromatic heterocycles. The number of halogens is 3. The van der Waals surface area contributed by atoms with Crippen molar-refractivity contribution in [3.8, 4) is 0 Å². The Morgan fingerprint density at radius 2 is 2.06 bits per heavy atom. The van der Waals surface area contributed by atoms with E-state index in [-0.39, 0.29) is 6.61 Å². The van der Waals surface area contributed by atoms with Crippen LogP contribution in [-0.4, -0.2) is 35.9 Å². The van der Waals surface area contributed by atoms with Gasteiger partial charge in [0.25, 0.3) is 0 Å². The van der Waals surface area contributed by atoms with Gasteiger partial charge in [0.1, 0.15) is 12.0 Å². The lowest BCUT2D eigenvalue weighted by Gasteiger charge is -2.26. The van der Waals surface area contributed by atoms with Crippen LogP contribution in [0.2, 0.25) is 0 Å². The number of ether oxygens (including phenoxy) is 2. The van der Waals surface area contributed by atoms with Gasteiger partial charge in [0.05, 0.1) is 12.7 Å². The van der Waals surface area contributed by atoms with E-state index in [1.54, 1.807) is 13.8 Å². The van der Waals surface area contributed by atoms with Crippen molar-refractivity contribution in [2.75, 3.05) is 6.61 Å². The summed E-state index contributed by atoms with van der Waals surface area (Å²) in [5, 5.41) is 9.58. The summed E-state index contributed by atoms with van der Waals surface area (Å²) in [4.78, 5) is 0. The maximum atomic E-state index is 12.5. The van der Waals surface area contributed by atoms with E-state index in [2.05, 4.69) is 6.58 Å². The normalized spacial score (nSPS) is 28.8. The lowest BCUT2D eigenvalue weighted by atomic mass is 9.97. The monoisotopic (exact) mass is 240 g/mol. The van der Waals surface area contributed by atoms with Crippen molar-refractivity contribution >= 4 is 0 Å². The maximum Gasteiger partial charge on any atom is 0.397 e. The Bertz CT molecular complexity index is 263. The Morgan fingerprint density at radius 3 is 2.38 bits per heavy atom. The maximum absolute atomic E-state index is 12.5. The lowest BCUT2D eigenvalue weighted by Crippen LogP contribution is -2.42. The lowest BCUT2D eigenvalue weighted by molar-refractivity contribution is -0.208. The first-order chi connectivity index (χ1) is 7.17. The number of hydrogen-bond donors (Lipinski definition) is 1. The van der Waals surface area contributed by atoms with E-state index in [4.69, 9.17) is 9.47 Å². The molecule has 94 valence electrons. The van der Waals surface area contributed by atoms with Crippen LogP contribution in [0.4, 0.5) is 13.2 Å². The number of hydrogen-bond acceptors (Lipinski definition) is 3. The Morgan fingerprint density at radius 1 is 1.50 bits per heavy atom. The van der Waals surface area contributed by atoms with Crippen molar-refractivity contribution in [1.29, 1.82) is 0 Å². The molecule has 0 aromatic carbocycles. The third-order valence-corrected chi connectivity index (χ3v) is 2.41. The number of alkyl halides is 3. The first-order valence-corrected chi connectivity index (χ1v) is 4.86. The largest absolute Gasteiger partial charge is 0.397 e. The van der Waals surface area contributed by atoms with E-state index in [9.17, 15) is 18.3 Å². The Kier molecular flexibility index (Phi) is 3.66. The van der Waals surface area contributed by atoms with Gasteiger partial charge in [0.15, 0.2) is 5.79 Å². The molecule has 6 heteroatoms. The smallest absolute Gasteiger partial charge is 0.389 e. The number of aliphatic hydroxyl groups is 1. The molecule has 0 spiro atoms. The van der Waals surface area contributed by atoms with Crippen LogP contribution in [0.5, 0.6) is 0 Å². The van der Waals surface area contributed by atoms with Crippen molar-refractivity contribution in [2.45, 2.75) is 38.0 Å². The fourth-order valence-corrected chi connectivity index (χ4v) is 1.58. The quantitative estimate of drug-likeness (QED) is 0.765. The highest BCUT2D eigenvalue weighted by Gasteiger charge is 2.48. The van der Waals surface area contributed by atoms with E-state index in [0.717, 1.165) is 0 Å². The van der Waals surface area contributed by atoms with E-state index >= 15 is 0 Å². The molecule has 1 rings (SSSR count). The van der Waals surface area contributed by atoms with Crippen LogP contribution in [0.15, 0.2) is 12.7 Å². The molecule has 0 radical (unpaired) electrons. The average molecular weight is 240 g/mol. The van der Waals surface area contributed by atoms with Gasteiger partial charge in [-0.2, -0.15) is 13.2 Å². The molecule has 0 amide bonds. The molecule has 1 saturated heterocycles. The van der Waals surface area contributed by atoms with E-state index in [0.29, 0.717) is 6.08 Å². The van der Waals surface area contributed by atoms with Crippen molar-refractivity contribution in [3.63, 3.8) is 0 Å². The van der Waals surface area contributed by atoms with Crippen LogP contribution in [0.25, 0.3) is 0 Å². The van der Waals surface area contributed by atoms with E-state index in [1.807, 2.05) is 0 Å². The third kappa shape index (κ3) is 2.96. The molecule has 1 N–H and O–H groups in total. The first-order valence-electron chi connectivity index (χ1n) is 4.86.